The molecule has 0 saturated carbocycles. The zero-order valence-corrected chi connectivity index (χ0v) is 13.4. The number of nitrogens with zero attached hydrogens (tertiary/aromatic N) is 1. The van der Waals surface area contributed by atoms with Gasteiger partial charge in [-0.05, 0) is 49.2 Å². The van der Waals surface area contributed by atoms with Crippen molar-refractivity contribution >= 4 is 5.69 Å². The fourth-order valence-corrected chi connectivity index (χ4v) is 2.81. The van der Waals surface area contributed by atoms with Crippen molar-refractivity contribution in [1.82, 2.24) is 4.98 Å². The minimum absolute atomic E-state index is 0.306. The van der Waals surface area contributed by atoms with Gasteiger partial charge in [-0.2, -0.15) is 0 Å². The minimum atomic E-state index is 0.306. The lowest BCUT2D eigenvalue weighted by Gasteiger charge is -2.17. The van der Waals surface area contributed by atoms with Gasteiger partial charge in [-0.25, -0.2) is 0 Å². The van der Waals surface area contributed by atoms with E-state index < -0.39 is 0 Å². The molecule has 23 heavy (non-hydrogen) atoms. The van der Waals surface area contributed by atoms with E-state index in [2.05, 4.69) is 23.3 Å². The maximum absolute atomic E-state index is 10.3. The molecule has 0 spiro atoms. The predicted molar refractivity (Wildman–Crippen MR) is 94.6 cm³/mol. The van der Waals surface area contributed by atoms with Gasteiger partial charge in [-0.1, -0.05) is 30.3 Å². The molecule has 0 aliphatic heterocycles. The average molecular weight is 304 g/mol. The van der Waals surface area contributed by atoms with Crippen LogP contribution in [0.3, 0.4) is 0 Å². The third-order valence-corrected chi connectivity index (χ3v) is 3.96. The third kappa shape index (κ3) is 3.19. The van der Waals surface area contributed by atoms with Gasteiger partial charge in [0.25, 0.3) is 0 Å². The summed E-state index contributed by atoms with van der Waals surface area (Å²) in [5.41, 5.74) is 6.09. The maximum Gasteiger partial charge on any atom is 0.123 e. The molecule has 1 heterocycles. The topological polar surface area (TPSA) is 45.1 Å². The SMILES string of the molecule is Cc1cccc(O)c1-c1c(C)cccc1NCc1ccccn1. The van der Waals surface area contributed by atoms with E-state index in [1.165, 1.54) is 0 Å². The number of phenols is 1. The average Bonchev–Trinajstić information content (AvgIpc) is 2.55. The van der Waals surface area contributed by atoms with Gasteiger partial charge >= 0.3 is 0 Å². The first-order valence-corrected chi connectivity index (χ1v) is 7.69. The number of hydrogen-bond donors (Lipinski definition) is 2. The fourth-order valence-electron chi connectivity index (χ4n) is 2.81. The van der Waals surface area contributed by atoms with Crippen molar-refractivity contribution in [3.63, 3.8) is 0 Å². The van der Waals surface area contributed by atoms with E-state index in [1.807, 2.05) is 49.4 Å². The van der Waals surface area contributed by atoms with Crippen LogP contribution in [0.1, 0.15) is 16.8 Å². The Morgan fingerprint density at radius 2 is 1.61 bits per heavy atom. The van der Waals surface area contributed by atoms with Gasteiger partial charge in [-0.3, -0.25) is 4.98 Å². The van der Waals surface area contributed by atoms with Gasteiger partial charge in [0.05, 0.1) is 12.2 Å². The second-order valence-electron chi connectivity index (χ2n) is 5.64. The van der Waals surface area contributed by atoms with E-state index in [0.717, 1.165) is 33.6 Å². The number of nitrogens with one attached hydrogen (secondary N) is 1. The molecule has 116 valence electrons. The molecule has 2 aromatic carbocycles. The first-order valence-electron chi connectivity index (χ1n) is 7.69. The zero-order chi connectivity index (χ0) is 16.2. The summed E-state index contributed by atoms with van der Waals surface area (Å²) < 4.78 is 0. The highest BCUT2D eigenvalue weighted by Gasteiger charge is 2.14. The van der Waals surface area contributed by atoms with Crippen LogP contribution in [0.15, 0.2) is 60.8 Å². The standard InChI is InChI=1S/C20H20N2O/c1-14-7-5-10-17(22-13-16-9-3-4-12-21-16)19(14)20-15(2)8-6-11-18(20)23/h3-12,22-23H,13H2,1-2H3. The van der Waals surface area contributed by atoms with E-state index in [4.69, 9.17) is 0 Å². The smallest absolute Gasteiger partial charge is 0.123 e. The summed E-state index contributed by atoms with van der Waals surface area (Å²) >= 11 is 0. The number of anilines is 1. The zero-order valence-electron chi connectivity index (χ0n) is 13.4. The Balaban J connectivity index is 2.01. The van der Waals surface area contributed by atoms with Crippen LogP contribution in [0, 0.1) is 13.8 Å². The lowest BCUT2D eigenvalue weighted by atomic mass is 9.94. The van der Waals surface area contributed by atoms with Crippen molar-refractivity contribution in [1.29, 1.82) is 0 Å². The number of aryl methyl sites for hydroxylation is 2. The van der Waals surface area contributed by atoms with Crippen LogP contribution in [-0.2, 0) is 6.54 Å². The lowest BCUT2D eigenvalue weighted by molar-refractivity contribution is 0.477. The Bertz CT molecular complexity index is 793. The van der Waals surface area contributed by atoms with Crippen molar-refractivity contribution in [2.24, 2.45) is 0 Å². The molecule has 3 rings (SSSR count). The second kappa shape index (κ2) is 6.53. The molecule has 0 unspecified atom stereocenters. The molecule has 0 radical (unpaired) electrons. The molecule has 0 atom stereocenters. The summed E-state index contributed by atoms with van der Waals surface area (Å²) in [6.45, 7) is 4.72. The summed E-state index contributed by atoms with van der Waals surface area (Å²) in [6.07, 6.45) is 1.79. The summed E-state index contributed by atoms with van der Waals surface area (Å²) in [5, 5.41) is 13.8. The van der Waals surface area contributed by atoms with E-state index in [-0.39, 0.29) is 0 Å². The van der Waals surface area contributed by atoms with E-state index in [0.29, 0.717) is 12.3 Å². The molecular formula is C20H20N2O. The summed E-state index contributed by atoms with van der Waals surface area (Å²) in [4.78, 5) is 4.34. The van der Waals surface area contributed by atoms with Crippen LogP contribution >= 0.6 is 0 Å². The maximum atomic E-state index is 10.3. The van der Waals surface area contributed by atoms with Gasteiger partial charge < -0.3 is 10.4 Å². The highest BCUT2D eigenvalue weighted by molar-refractivity contribution is 5.86. The van der Waals surface area contributed by atoms with Gasteiger partial charge in [-0.15, -0.1) is 0 Å². The Kier molecular flexibility index (Phi) is 4.29. The minimum Gasteiger partial charge on any atom is -0.507 e. The monoisotopic (exact) mass is 304 g/mol. The van der Waals surface area contributed by atoms with Crippen LogP contribution in [0.25, 0.3) is 11.1 Å². The number of rotatable bonds is 4. The molecule has 3 aromatic rings. The van der Waals surface area contributed by atoms with Gasteiger partial charge in [0.2, 0.25) is 0 Å². The number of aromatic hydroxyl groups is 1. The quantitative estimate of drug-likeness (QED) is 0.735. The molecule has 3 nitrogen and oxygen atoms in total. The normalized spacial score (nSPS) is 10.5. The van der Waals surface area contributed by atoms with Crippen molar-refractivity contribution in [2.75, 3.05) is 5.32 Å². The summed E-state index contributed by atoms with van der Waals surface area (Å²) in [6, 6.07) is 17.6. The predicted octanol–water partition coefficient (Wildman–Crippen LogP) is 4.68. The number of hydrogen-bond acceptors (Lipinski definition) is 3. The molecule has 2 N–H and O–H groups in total. The first kappa shape index (κ1) is 15.1. The molecule has 0 fully saturated rings. The van der Waals surface area contributed by atoms with Crippen LogP contribution in [0.2, 0.25) is 0 Å². The van der Waals surface area contributed by atoms with Gasteiger partial charge in [0, 0.05) is 23.0 Å². The highest BCUT2D eigenvalue weighted by Crippen LogP contribution is 2.39. The van der Waals surface area contributed by atoms with Crippen LogP contribution in [0.5, 0.6) is 5.75 Å². The van der Waals surface area contributed by atoms with Crippen molar-refractivity contribution in [3.05, 3.63) is 77.6 Å². The van der Waals surface area contributed by atoms with Crippen LogP contribution < -0.4 is 5.32 Å². The molecule has 0 aliphatic rings. The molecule has 0 saturated heterocycles. The van der Waals surface area contributed by atoms with Gasteiger partial charge in [0.15, 0.2) is 0 Å². The van der Waals surface area contributed by atoms with Crippen molar-refractivity contribution < 1.29 is 5.11 Å². The van der Waals surface area contributed by atoms with Crippen molar-refractivity contribution in [2.45, 2.75) is 20.4 Å². The fraction of sp³-hybridized carbons (Fsp3) is 0.150. The van der Waals surface area contributed by atoms with Crippen LogP contribution in [0.4, 0.5) is 5.69 Å². The van der Waals surface area contributed by atoms with Gasteiger partial charge in [0.1, 0.15) is 5.75 Å². The first-order chi connectivity index (χ1) is 11.2. The number of aromatic nitrogens is 1. The Hall–Kier alpha value is -2.81. The Labute approximate surface area is 136 Å². The third-order valence-electron chi connectivity index (χ3n) is 3.96. The molecule has 3 heteroatoms. The Morgan fingerprint density at radius 1 is 0.870 bits per heavy atom. The largest absolute Gasteiger partial charge is 0.507 e. The second-order valence-corrected chi connectivity index (χ2v) is 5.64. The van der Waals surface area contributed by atoms with Crippen LogP contribution in [-0.4, -0.2) is 10.1 Å². The summed E-state index contributed by atoms with van der Waals surface area (Å²) in [5.74, 6) is 0.306. The molecule has 1 aromatic heterocycles. The summed E-state index contributed by atoms with van der Waals surface area (Å²) in [7, 11) is 0. The Morgan fingerprint density at radius 3 is 2.30 bits per heavy atom. The number of phenolic OH excluding ortho intramolecular Hbond substituents is 1. The van der Waals surface area contributed by atoms with Crippen molar-refractivity contribution in [3.8, 4) is 16.9 Å². The lowest BCUT2D eigenvalue weighted by Crippen LogP contribution is -2.03. The number of benzene rings is 2. The van der Waals surface area contributed by atoms with E-state index in [1.54, 1.807) is 12.3 Å². The molecule has 0 aliphatic carbocycles. The van der Waals surface area contributed by atoms with E-state index in [9.17, 15) is 5.11 Å². The van der Waals surface area contributed by atoms with E-state index >= 15 is 0 Å². The molecular weight excluding hydrogens is 284 g/mol. The molecule has 0 amide bonds. The highest BCUT2D eigenvalue weighted by atomic mass is 16.3. The number of pyridine rings is 1. The molecule has 0 bridgehead atoms.